The normalized spacial score (nSPS) is 10.3. The van der Waals surface area contributed by atoms with E-state index < -0.39 is 5.97 Å². The third kappa shape index (κ3) is 3.33. The van der Waals surface area contributed by atoms with E-state index in [2.05, 4.69) is 20.9 Å². The molecule has 0 aliphatic heterocycles. The molecule has 2 rings (SSSR count). The molecule has 0 fully saturated rings. The minimum absolute atomic E-state index is 0.0363. The number of ether oxygens (including phenoxy) is 1. The van der Waals surface area contributed by atoms with Crippen molar-refractivity contribution in [2.75, 3.05) is 5.73 Å². The number of carbonyl (C=O) groups is 1. The molecule has 0 aliphatic rings. The molecule has 6 heteroatoms. The summed E-state index contributed by atoms with van der Waals surface area (Å²) in [4.78, 5) is 16.0. The van der Waals surface area contributed by atoms with Crippen LogP contribution in [0.25, 0.3) is 0 Å². The average Bonchev–Trinajstić information content (AvgIpc) is 2.42. The minimum atomic E-state index is -0.543. The SMILES string of the molecule is Cc1ncc(N)cc1C(=O)OCc1cc(F)ccc1Br. The quantitative estimate of drug-likeness (QED) is 0.872. The number of halogens is 2. The Hall–Kier alpha value is -1.95. The van der Waals surface area contributed by atoms with Crippen LogP contribution in [0.5, 0.6) is 0 Å². The number of pyridine rings is 1. The maximum absolute atomic E-state index is 13.1. The van der Waals surface area contributed by atoms with E-state index in [4.69, 9.17) is 10.5 Å². The van der Waals surface area contributed by atoms with Gasteiger partial charge in [-0.1, -0.05) is 15.9 Å². The van der Waals surface area contributed by atoms with E-state index >= 15 is 0 Å². The second kappa shape index (κ2) is 6.00. The number of anilines is 1. The molecule has 4 nitrogen and oxygen atoms in total. The van der Waals surface area contributed by atoms with Gasteiger partial charge in [-0.05, 0) is 31.2 Å². The number of rotatable bonds is 3. The highest BCUT2D eigenvalue weighted by Crippen LogP contribution is 2.19. The highest BCUT2D eigenvalue weighted by Gasteiger charge is 2.13. The zero-order chi connectivity index (χ0) is 14.7. The molecule has 1 aromatic heterocycles. The number of hydrogen-bond donors (Lipinski definition) is 1. The molecule has 0 spiro atoms. The van der Waals surface area contributed by atoms with Crippen molar-refractivity contribution < 1.29 is 13.9 Å². The molecule has 20 heavy (non-hydrogen) atoms. The van der Waals surface area contributed by atoms with Gasteiger partial charge >= 0.3 is 5.97 Å². The van der Waals surface area contributed by atoms with Crippen molar-refractivity contribution in [1.29, 1.82) is 0 Å². The first kappa shape index (κ1) is 14.5. The smallest absolute Gasteiger partial charge is 0.340 e. The lowest BCUT2D eigenvalue weighted by molar-refractivity contribution is 0.0470. The van der Waals surface area contributed by atoms with Crippen LogP contribution in [0.4, 0.5) is 10.1 Å². The van der Waals surface area contributed by atoms with Crippen LogP contribution < -0.4 is 5.73 Å². The maximum atomic E-state index is 13.1. The molecule has 0 radical (unpaired) electrons. The number of benzene rings is 1. The summed E-state index contributed by atoms with van der Waals surface area (Å²) in [5, 5.41) is 0. The van der Waals surface area contributed by atoms with Crippen LogP contribution in [0.1, 0.15) is 21.6 Å². The number of aryl methyl sites for hydroxylation is 1. The van der Waals surface area contributed by atoms with Gasteiger partial charge in [-0.25, -0.2) is 9.18 Å². The van der Waals surface area contributed by atoms with Crippen molar-refractivity contribution in [3.05, 3.63) is 57.6 Å². The van der Waals surface area contributed by atoms with E-state index in [-0.39, 0.29) is 12.4 Å². The Morgan fingerprint density at radius 2 is 2.20 bits per heavy atom. The summed E-state index contributed by atoms with van der Waals surface area (Å²) in [5.74, 6) is -0.931. The summed E-state index contributed by atoms with van der Waals surface area (Å²) in [6, 6.07) is 5.69. The standard InChI is InChI=1S/C14H12BrFN2O2/c1-8-12(5-11(17)6-18-8)14(19)20-7-9-4-10(16)2-3-13(9)15/h2-6H,7,17H2,1H3. The number of nitrogens with two attached hydrogens (primary N) is 1. The Kier molecular flexibility index (Phi) is 4.34. The fraction of sp³-hybridized carbons (Fsp3) is 0.143. The van der Waals surface area contributed by atoms with Crippen LogP contribution in [-0.2, 0) is 11.3 Å². The molecule has 0 unspecified atom stereocenters. The number of hydrogen-bond acceptors (Lipinski definition) is 4. The summed E-state index contributed by atoms with van der Waals surface area (Å²) in [7, 11) is 0. The molecule has 0 saturated carbocycles. The molecule has 0 saturated heterocycles. The van der Waals surface area contributed by atoms with Crippen molar-refractivity contribution in [2.24, 2.45) is 0 Å². The summed E-state index contributed by atoms with van der Waals surface area (Å²) in [5.41, 5.74) is 7.36. The van der Waals surface area contributed by atoms with E-state index in [1.165, 1.54) is 24.4 Å². The van der Waals surface area contributed by atoms with Crippen molar-refractivity contribution >= 4 is 27.6 Å². The number of carbonyl (C=O) groups excluding carboxylic acids is 1. The van der Waals surface area contributed by atoms with E-state index in [1.54, 1.807) is 13.0 Å². The Balaban J connectivity index is 2.12. The first-order chi connectivity index (χ1) is 9.47. The zero-order valence-electron chi connectivity index (χ0n) is 10.7. The molecule has 1 aromatic carbocycles. The average molecular weight is 339 g/mol. The Bertz CT molecular complexity index is 662. The van der Waals surface area contributed by atoms with Crippen LogP contribution in [0.3, 0.4) is 0 Å². The monoisotopic (exact) mass is 338 g/mol. The van der Waals surface area contributed by atoms with E-state index in [0.717, 1.165) is 0 Å². The lowest BCUT2D eigenvalue weighted by Crippen LogP contribution is -2.09. The van der Waals surface area contributed by atoms with Gasteiger partial charge in [-0.15, -0.1) is 0 Å². The molecule has 0 aliphatic carbocycles. The van der Waals surface area contributed by atoms with Gasteiger partial charge in [-0.3, -0.25) is 4.98 Å². The third-order valence-electron chi connectivity index (χ3n) is 2.69. The first-order valence-electron chi connectivity index (χ1n) is 5.80. The second-order valence-corrected chi connectivity index (χ2v) is 5.07. The van der Waals surface area contributed by atoms with Crippen molar-refractivity contribution in [3.63, 3.8) is 0 Å². The van der Waals surface area contributed by atoms with Gasteiger partial charge in [0.25, 0.3) is 0 Å². The van der Waals surface area contributed by atoms with Crippen LogP contribution in [0.15, 0.2) is 34.9 Å². The Morgan fingerprint density at radius 1 is 1.45 bits per heavy atom. The third-order valence-corrected chi connectivity index (χ3v) is 3.47. The number of esters is 1. The second-order valence-electron chi connectivity index (χ2n) is 4.21. The highest BCUT2D eigenvalue weighted by atomic mass is 79.9. The predicted octanol–water partition coefficient (Wildman–Crippen LogP) is 3.23. The minimum Gasteiger partial charge on any atom is -0.457 e. The van der Waals surface area contributed by atoms with Crippen LogP contribution in [-0.4, -0.2) is 11.0 Å². The van der Waals surface area contributed by atoms with E-state index in [1.807, 2.05) is 0 Å². The van der Waals surface area contributed by atoms with E-state index in [0.29, 0.717) is 27.0 Å². The molecule has 2 N–H and O–H groups in total. The van der Waals surface area contributed by atoms with Gasteiger partial charge in [0.15, 0.2) is 0 Å². The topological polar surface area (TPSA) is 65.2 Å². The fourth-order valence-corrected chi connectivity index (χ4v) is 1.99. The molecule has 104 valence electrons. The summed E-state index contributed by atoms with van der Waals surface area (Å²) >= 11 is 3.27. The van der Waals surface area contributed by atoms with E-state index in [9.17, 15) is 9.18 Å². The van der Waals surface area contributed by atoms with Gasteiger partial charge in [0, 0.05) is 10.0 Å². The molecule has 0 amide bonds. The van der Waals surface area contributed by atoms with Gasteiger partial charge in [0.05, 0.1) is 23.1 Å². The van der Waals surface area contributed by atoms with Gasteiger partial charge < -0.3 is 10.5 Å². The fourth-order valence-electron chi connectivity index (χ4n) is 1.63. The van der Waals surface area contributed by atoms with Gasteiger partial charge in [0.1, 0.15) is 12.4 Å². The largest absolute Gasteiger partial charge is 0.457 e. The number of nitrogens with zero attached hydrogens (tertiary/aromatic N) is 1. The van der Waals surface area contributed by atoms with Gasteiger partial charge in [0.2, 0.25) is 0 Å². The number of aromatic nitrogens is 1. The lowest BCUT2D eigenvalue weighted by Gasteiger charge is -2.08. The van der Waals surface area contributed by atoms with Crippen LogP contribution in [0.2, 0.25) is 0 Å². The highest BCUT2D eigenvalue weighted by molar-refractivity contribution is 9.10. The molecular formula is C14H12BrFN2O2. The van der Waals surface area contributed by atoms with Gasteiger partial charge in [-0.2, -0.15) is 0 Å². The first-order valence-corrected chi connectivity index (χ1v) is 6.60. The summed E-state index contributed by atoms with van der Waals surface area (Å²) < 4.78 is 19.0. The molecule has 0 atom stereocenters. The van der Waals surface area contributed by atoms with Crippen molar-refractivity contribution in [1.82, 2.24) is 4.98 Å². The summed E-state index contributed by atoms with van der Waals surface area (Å²) in [6.07, 6.45) is 1.47. The van der Waals surface area contributed by atoms with Crippen LogP contribution in [0, 0.1) is 12.7 Å². The maximum Gasteiger partial charge on any atom is 0.340 e. The molecular weight excluding hydrogens is 327 g/mol. The van der Waals surface area contributed by atoms with Crippen molar-refractivity contribution in [3.8, 4) is 0 Å². The molecule has 0 bridgehead atoms. The Morgan fingerprint density at radius 3 is 2.95 bits per heavy atom. The van der Waals surface area contributed by atoms with Crippen molar-refractivity contribution in [2.45, 2.75) is 13.5 Å². The predicted molar refractivity (Wildman–Crippen MR) is 76.6 cm³/mol. The number of nitrogen functional groups attached to an aromatic ring is 1. The zero-order valence-corrected chi connectivity index (χ0v) is 12.3. The van der Waals surface area contributed by atoms with Crippen LogP contribution >= 0.6 is 15.9 Å². The molecule has 2 aromatic rings. The summed E-state index contributed by atoms with van der Waals surface area (Å²) in [6.45, 7) is 1.65. The Labute approximate surface area is 123 Å². The molecule has 1 heterocycles. The lowest BCUT2D eigenvalue weighted by atomic mass is 10.2.